The molecule has 0 atom stereocenters. The number of nitrogens with one attached hydrogen (secondary N) is 3. The number of hydrogen-bond acceptors (Lipinski definition) is 3. The Bertz CT molecular complexity index is 624. The van der Waals surface area contributed by atoms with Crippen LogP contribution < -0.4 is 10.6 Å². The number of rotatable bonds is 4. The van der Waals surface area contributed by atoms with Gasteiger partial charge in [-0.25, -0.2) is 0 Å². The largest absolute Gasteiger partial charge is 0.384 e. The van der Waals surface area contributed by atoms with E-state index in [9.17, 15) is 4.79 Å². The molecule has 0 radical (unpaired) electrons. The molecule has 3 rings (SSSR count). The summed E-state index contributed by atoms with van der Waals surface area (Å²) >= 11 is 0. The SMILES string of the molecule is COCC1(C(=O)Nc2ccc3[nH]ccc3c2)CCNCC1. The number of fused-ring (bicyclic) bond motifs is 1. The molecule has 1 saturated heterocycles. The van der Waals surface area contributed by atoms with E-state index in [-0.39, 0.29) is 5.91 Å². The Hall–Kier alpha value is -1.85. The van der Waals surface area contributed by atoms with Crippen LogP contribution in [-0.4, -0.2) is 37.7 Å². The third kappa shape index (κ3) is 2.80. The lowest BCUT2D eigenvalue weighted by atomic mass is 9.78. The van der Waals surface area contributed by atoms with Crippen LogP contribution in [0.15, 0.2) is 30.5 Å². The van der Waals surface area contributed by atoms with Crippen molar-refractivity contribution in [3.63, 3.8) is 0 Å². The standard InChI is InChI=1S/C16H21N3O2/c1-21-11-16(5-8-17-9-6-16)15(20)19-13-2-3-14-12(10-13)4-7-18-14/h2-4,7,10,17-18H,5-6,8-9,11H2,1H3,(H,19,20). The molecule has 1 aliphatic rings. The zero-order valence-electron chi connectivity index (χ0n) is 12.2. The van der Waals surface area contributed by atoms with Gasteiger partial charge in [0.15, 0.2) is 0 Å². The first kappa shape index (κ1) is 14.1. The Morgan fingerprint density at radius 1 is 1.33 bits per heavy atom. The van der Waals surface area contributed by atoms with E-state index in [0.717, 1.165) is 42.5 Å². The van der Waals surface area contributed by atoms with Crippen LogP contribution in [0.25, 0.3) is 10.9 Å². The highest BCUT2D eigenvalue weighted by Crippen LogP contribution is 2.31. The number of piperidine rings is 1. The van der Waals surface area contributed by atoms with E-state index >= 15 is 0 Å². The molecular weight excluding hydrogens is 266 g/mol. The molecule has 0 bridgehead atoms. The molecule has 1 aromatic heterocycles. The lowest BCUT2D eigenvalue weighted by Gasteiger charge is -2.35. The number of amides is 1. The minimum atomic E-state index is -0.424. The lowest BCUT2D eigenvalue weighted by molar-refractivity contribution is -0.130. The fourth-order valence-electron chi connectivity index (χ4n) is 3.01. The Balaban J connectivity index is 1.79. The highest BCUT2D eigenvalue weighted by Gasteiger charge is 2.39. The molecule has 5 nitrogen and oxygen atoms in total. The van der Waals surface area contributed by atoms with Gasteiger partial charge in [0.1, 0.15) is 0 Å². The number of carbonyl (C=O) groups excluding carboxylic acids is 1. The molecule has 2 heterocycles. The summed E-state index contributed by atoms with van der Waals surface area (Å²) in [4.78, 5) is 15.9. The predicted octanol–water partition coefficient (Wildman–Crippen LogP) is 2.12. The first-order valence-corrected chi connectivity index (χ1v) is 7.32. The van der Waals surface area contributed by atoms with Gasteiger partial charge in [-0.05, 0) is 50.2 Å². The van der Waals surface area contributed by atoms with Crippen molar-refractivity contribution in [2.75, 3.05) is 32.1 Å². The number of ether oxygens (including phenoxy) is 1. The molecule has 0 spiro atoms. The van der Waals surface area contributed by atoms with Crippen molar-refractivity contribution in [1.29, 1.82) is 0 Å². The molecule has 2 aromatic rings. The van der Waals surface area contributed by atoms with Gasteiger partial charge in [0.05, 0.1) is 12.0 Å². The number of hydrogen-bond donors (Lipinski definition) is 3. The van der Waals surface area contributed by atoms with Crippen molar-refractivity contribution in [1.82, 2.24) is 10.3 Å². The Kier molecular flexibility index (Phi) is 3.94. The maximum atomic E-state index is 12.7. The van der Waals surface area contributed by atoms with Crippen LogP contribution >= 0.6 is 0 Å². The van der Waals surface area contributed by atoms with Gasteiger partial charge >= 0.3 is 0 Å². The van der Waals surface area contributed by atoms with Crippen molar-refractivity contribution in [2.45, 2.75) is 12.8 Å². The van der Waals surface area contributed by atoms with Crippen LogP contribution in [-0.2, 0) is 9.53 Å². The second kappa shape index (κ2) is 5.87. The third-order valence-electron chi connectivity index (χ3n) is 4.27. The van der Waals surface area contributed by atoms with Gasteiger partial charge in [0.25, 0.3) is 0 Å². The minimum Gasteiger partial charge on any atom is -0.384 e. The summed E-state index contributed by atoms with van der Waals surface area (Å²) in [6, 6.07) is 7.90. The topological polar surface area (TPSA) is 66.1 Å². The second-order valence-electron chi connectivity index (χ2n) is 5.70. The fraction of sp³-hybridized carbons (Fsp3) is 0.438. The van der Waals surface area contributed by atoms with Gasteiger partial charge in [0.2, 0.25) is 5.91 Å². The van der Waals surface area contributed by atoms with E-state index in [2.05, 4.69) is 15.6 Å². The molecule has 1 aromatic carbocycles. The Morgan fingerprint density at radius 2 is 2.14 bits per heavy atom. The fourth-order valence-corrected chi connectivity index (χ4v) is 3.01. The zero-order valence-corrected chi connectivity index (χ0v) is 12.2. The molecule has 1 amide bonds. The normalized spacial score (nSPS) is 17.8. The van der Waals surface area contributed by atoms with E-state index in [1.54, 1.807) is 7.11 Å². The maximum absolute atomic E-state index is 12.7. The molecule has 3 N–H and O–H groups in total. The second-order valence-corrected chi connectivity index (χ2v) is 5.70. The molecule has 21 heavy (non-hydrogen) atoms. The highest BCUT2D eigenvalue weighted by atomic mass is 16.5. The first-order chi connectivity index (χ1) is 10.2. The average molecular weight is 287 g/mol. The predicted molar refractivity (Wildman–Crippen MR) is 83.3 cm³/mol. The van der Waals surface area contributed by atoms with Gasteiger partial charge in [-0.3, -0.25) is 4.79 Å². The first-order valence-electron chi connectivity index (χ1n) is 7.32. The number of anilines is 1. The summed E-state index contributed by atoms with van der Waals surface area (Å²) in [6.07, 6.45) is 3.51. The quantitative estimate of drug-likeness (QED) is 0.807. The molecule has 1 fully saturated rings. The molecule has 112 valence electrons. The van der Waals surface area contributed by atoms with E-state index in [1.165, 1.54) is 0 Å². The number of carbonyl (C=O) groups is 1. The van der Waals surface area contributed by atoms with E-state index in [1.807, 2.05) is 30.5 Å². The van der Waals surface area contributed by atoms with Gasteiger partial charge < -0.3 is 20.4 Å². The van der Waals surface area contributed by atoms with Gasteiger partial charge in [-0.15, -0.1) is 0 Å². The van der Waals surface area contributed by atoms with Crippen LogP contribution in [0.2, 0.25) is 0 Å². The van der Waals surface area contributed by atoms with Crippen molar-refractivity contribution in [2.24, 2.45) is 5.41 Å². The van der Waals surface area contributed by atoms with E-state index < -0.39 is 5.41 Å². The molecule has 1 aliphatic heterocycles. The molecule has 0 aliphatic carbocycles. The van der Waals surface area contributed by atoms with E-state index in [4.69, 9.17) is 4.74 Å². The smallest absolute Gasteiger partial charge is 0.233 e. The molecular formula is C16H21N3O2. The van der Waals surface area contributed by atoms with Crippen LogP contribution in [0, 0.1) is 5.41 Å². The van der Waals surface area contributed by atoms with Crippen LogP contribution in [0.5, 0.6) is 0 Å². The summed E-state index contributed by atoms with van der Waals surface area (Å²) < 4.78 is 5.31. The number of aromatic nitrogens is 1. The minimum absolute atomic E-state index is 0.0562. The summed E-state index contributed by atoms with van der Waals surface area (Å²) in [5.74, 6) is 0.0562. The summed E-state index contributed by atoms with van der Waals surface area (Å²) in [5.41, 5.74) is 1.48. The average Bonchev–Trinajstić information content (AvgIpc) is 2.96. The number of benzene rings is 1. The number of H-pyrrole nitrogens is 1. The van der Waals surface area contributed by atoms with Crippen molar-refractivity contribution < 1.29 is 9.53 Å². The number of methoxy groups -OCH3 is 1. The van der Waals surface area contributed by atoms with Crippen LogP contribution in [0.3, 0.4) is 0 Å². The molecule has 0 saturated carbocycles. The van der Waals surface area contributed by atoms with Gasteiger partial charge in [0, 0.05) is 29.9 Å². The summed E-state index contributed by atoms with van der Waals surface area (Å²) in [7, 11) is 1.66. The van der Waals surface area contributed by atoms with Crippen molar-refractivity contribution >= 4 is 22.5 Å². The lowest BCUT2D eigenvalue weighted by Crippen LogP contribution is -2.47. The molecule has 0 unspecified atom stereocenters. The highest BCUT2D eigenvalue weighted by molar-refractivity contribution is 5.97. The van der Waals surface area contributed by atoms with Gasteiger partial charge in [-0.2, -0.15) is 0 Å². The molecule has 5 heteroatoms. The van der Waals surface area contributed by atoms with Gasteiger partial charge in [-0.1, -0.05) is 0 Å². The summed E-state index contributed by atoms with van der Waals surface area (Å²) in [5, 5.41) is 7.45. The monoisotopic (exact) mass is 287 g/mol. The Morgan fingerprint density at radius 3 is 2.90 bits per heavy atom. The number of aromatic amines is 1. The van der Waals surface area contributed by atoms with E-state index in [0.29, 0.717) is 6.61 Å². The third-order valence-corrected chi connectivity index (χ3v) is 4.27. The van der Waals surface area contributed by atoms with Crippen molar-refractivity contribution in [3.8, 4) is 0 Å². The van der Waals surface area contributed by atoms with Crippen LogP contribution in [0.1, 0.15) is 12.8 Å². The van der Waals surface area contributed by atoms with Crippen molar-refractivity contribution in [3.05, 3.63) is 30.5 Å². The Labute approximate surface area is 124 Å². The maximum Gasteiger partial charge on any atom is 0.233 e. The zero-order chi connectivity index (χ0) is 14.7. The van der Waals surface area contributed by atoms with Crippen LogP contribution in [0.4, 0.5) is 5.69 Å². The summed E-state index contributed by atoms with van der Waals surface area (Å²) in [6.45, 7) is 2.17.